The normalized spacial score (nSPS) is 11.8. The number of rotatable bonds is 7. The number of aromatic nitrogens is 2. The molecule has 1 heterocycles. The van der Waals surface area contributed by atoms with E-state index in [2.05, 4.69) is 41.9 Å². The summed E-state index contributed by atoms with van der Waals surface area (Å²) in [6.45, 7) is 10.3. The van der Waals surface area contributed by atoms with Crippen molar-refractivity contribution in [1.29, 1.82) is 0 Å². The standard InChI is InChI=1S/C23H25Br2N3O3/c1-6-30-20-9-15(18(25)11-21(20)31-14(4)5)12-26-28-22(13(2)3)27-19-8-7-16(24)10-17(19)23(28)29/h7-14H,6H2,1-5H3. The Morgan fingerprint density at radius 1 is 1.13 bits per heavy atom. The van der Waals surface area contributed by atoms with E-state index in [9.17, 15) is 4.79 Å². The summed E-state index contributed by atoms with van der Waals surface area (Å²) in [6.07, 6.45) is 1.64. The van der Waals surface area contributed by atoms with Gasteiger partial charge in [0.1, 0.15) is 5.82 Å². The van der Waals surface area contributed by atoms with E-state index in [1.165, 1.54) is 4.68 Å². The molecule has 3 rings (SSSR count). The van der Waals surface area contributed by atoms with Crippen molar-refractivity contribution >= 4 is 49.0 Å². The molecule has 0 amide bonds. The van der Waals surface area contributed by atoms with Crippen molar-refractivity contribution in [1.82, 2.24) is 9.66 Å². The Morgan fingerprint density at radius 3 is 2.52 bits per heavy atom. The molecule has 0 aliphatic heterocycles. The maximum absolute atomic E-state index is 13.2. The Kier molecular flexibility index (Phi) is 7.54. The van der Waals surface area contributed by atoms with Crippen LogP contribution >= 0.6 is 31.9 Å². The van der Waals surface area contributed by atoms with Gasteiger partial charge in [-0.1, -0.05) is 29.8 Å². The monoisotopic (exact) mass is 549 g/mol. The van der Waals surface area contributed by atoms with E-state index >= 15 is 0 Å². The molecule has 164 valence electrons. The molecule has 31 heavy (non-hydrogen) atoms. The molecule has 0 saturated carbocycles. The van der Waals surface area contributed by atoms with E-state index in [1.807, 2.05) is 58.9 Å². The molecule has 0 atom stereocenters. The van der Waals surface area contributed by atoms with Crippen LogP contribution in [0, 0.1) is 0 Å². The Bertz CT molecular complexity index is 1190. The third kappa shape index (κ3) is 5.36. The van der Waals surface area contributed by atoms with Gasteiger partial charge in [-0.15, -0.1) is 0 Å². The molecule has 0 radical (unpaired) electrons. The summed E-state index contributed by atoms with van der Waals surface area (Å²) in [5, 5.41) is 5.01. The minimum Gasteiger partial charge on any atom is -0.490 e. The van der Waals surface area contributed by atoms with Crippen LogP contribution in [-0.2, 0) is 0 Å². The van der Waals surface area contributed by atoms with Crippen molar-refractivity contribution in [3.8, 4) is 11.5 Å². The molecule has 0 aliphatic carbocycles. The average molecular weight is 551 g/mol. The highest BCUT2D eigenvalue weighted by Crippen LogP contribution is 2.34. The Labute approximate surface area is 198 Å². The predicted molar refractivity (Wildman–Crippen MR) is 132 cm³/mol. The van der Waals surface area contributed by atoms with Gasteiger partial charge in [0.05, 0.1) is 29.8 Å². The van der Waals surface area contributed by atoms with Crippen LogP contribution in [0.25, 0.3) is 10.9 Å². The number of hydrogen-bond donors (Lipinski definition) is 0. The molecule has 0 bridgehead atoms. The SMILES string of the molecule is CCOc1cc(C=Nn2c(C(C)C)nc3ccc(Br)cc3c2=O)c(Br)cc1OC(C)C. The molecule has 6 nitrogen and oxygen atoms in total. The minimum absolute atomic E-state index is 0.0146. The zero-order chi connectivity index (χ0) is 22.7. The first-order chi connectivity index (χ1) is 14.7. The summed E-state index contributed by atoms with van der Waals surface area (Å²) < 4.78 is 14.6. The van der Waals surface area contributed by atoms with Gasteiger partial charge in [-0.05, 0) is 67.0 Å². The first-order valence-corrected chi connectivity index (χ1v) is 11.7. The van der Waals surface area contributed by atoms with Crippen LogP contribution < -0.4 is 15.0 Å². The molecule has 2 aromatic carbocycles. The lowest BCUT2D eigenvalue weighted by atomic mass is 10.2. The minimum atomic E-state index is -0.216. The van der Waals surface area contributed by atoms with E-state index in [1.54, 1.807) is 12.3 Å². The fourth-order valence-corrected chi connectivity index (χ4v) is 3.82. The van der Waals surface area contributed by atoms with Crippen LogP contribution in [0.5, 0.6) is 11.5 Å². The summed E-state index contributed by atoms with van der Waals surface area (Å²) >= 11 is 7.00. The Balaban J connectivity index is 2.12. The van der Waals surface area contributed by atoms with Crippen LogP contribution in [0.2, 0.25) is 0 Å². The van der Waals surface area contributed by atoms with Crippen LogP contribution in [-0.4, -0.2) is 28.6 Å². The van der Waals surface area contributed by atoms with Gasteiger partial charge in [-0.3, -0.25) is 4.79 Å². The second-order valence-electron chi connectivity index (χ2n) is 7.57. The van der Waals surface area contributed by atoms with E-state index in [-0.39, 0.29) is 17.6 Å². The third-order valence-electron chi connectivity index (χ3n) is 4.39. The van der Waals surface area contributed by atoms with Crippen LogP contribution in [0.3, 0.4) is 0 Å². The molecule has 0 N–H and O–H groups in total. The summed E-state index contributed by atoms with van der Waals surface area (Å²) in [5.41, 5.74) is 1.20. The van der Waals surface area contributed by atoms with Gasteiger partial charge in [-0.2, -0.15) is 9.78 Å². The fraction of sp³-hybridized carbons (Fsp3) is 0.348. The number of halogens is 2. The number of hydrogen-bond acceptors (Lipinski definition) is 5. The maximum Gasteiger partial charge on any atom is 0.282 e. The van der Waals surface area contributed by atoms with Crippen molar-refractivity contribution in [3.63, 3.8) is 0 Å². The smallest absolute Gasteiger partial charge is 0.282 e. The summed E-state index contributed by atoms with van der Waals surface area (Å²) in [4.78, 5) is 17.9. The second-order valence-corrected chi connectivity index (χ2v) is 9.34. The highest BCUT2D eigenvalue weighted by Gasteiger charge is 2.15. The molecular formula is C23H25Br2N3O3. The molecule has 1 aromatic heterocycles. The zero-order valence-electron chi connectivity index (χ0n) is 18.1. The maximum atomic E-state index is 13.2. The van der Waals surface area contributed by atoms with E-state index in [0.717, 1.165) is 14.5 Å². The highest BCUT2D eigenvalue weighted by atomic mass is 79.9. The fourth-order valence-electron chi connectivity index (χ4n) is 3.04. The number of fused-ring (bicyclic) bond motifs is 1. The lowest BCUT2D eigenvalue weighted by molar-refractivity contribution is 0.223. The number of benzene rings is 2. The zero-order valence-corrected chi connectivity index (χ0v) is 21.3. The Hall–Kier alpha value is -2.19. The molecular weight excluding hydrogens is 526 g/mol. The molecule has 3 aromatic rings. The number of nitrogens with zero attached hydrogens (tertiary/aromatic N) is 3. The molecule has 0 saturated heterocycles. The van der Waals surface area contributed by atoms with Crippen molar-refractivity contribution in [2.75, 3.05) is 6.61 Å². The van der Waals surface area contributed by atoms with Crippen LogP contribution in [0.4, 0.5) is 0 Å². The highest BCUT2D eigenvalue weighted by molar-refractivity contribution is 9.10. The lowest BCUT2D eigenvalue weighted by Gasteiger charge is -2.16. The molecule has 0 fully saturated rings. The molecule has 0 spiro atoms. The molecule has 8 heteroatoms. The van der Waals surface area contributed by atoms with Crippen LogP contribution in [0.15, 0.2) is 49.2 Å². The second kappa shape index (κ2) is 9.96. The Morgan fingerprint density at radius 2 is 1.87 bits per heavy atom. The van der Waals surface area contributed by atoms with Gasteiger partial charge in [0.25, 0.3) is 5.56 Å². The van der Waals surface area contributed by atoms with Gasteiger partial charge < -0.3 is 9.47 Å². The van der Waals surface area contributed by atoms with Crippen molar-refractivity contribution in [2.24, 2.45) is 5.10 Å². The third-order valence-corrected chi connectivity index (χ3v) is 5.57. The van der Waals surface area contributed by atoms with E-state index < -0.39 is 0 Å². The van der Waals surface area contributed by atoms with Crippen molar-refractivity contribution in [2.45, 2.75) is 46.6 Å². The molecule has 0 aliphatic rings. The largest absolute Gasteiger partial charge is 0.490 e. The van der Waals surface area contributed by atoms with Gasteiger partial charge in [-0.25, -0.2) is 4.98 Å². The first kappa shape index (κ1) is 23.5. The van der Waals surface area contributed by atoms with E-state index in [4.69, 9.17) is 9.47 Å². The summed E-state index contributed by atoms with van der Waals surface area (Å²) in [7, 11) is 0. The average Bonchev–Trinajstić information content (AvgIpc) is 2.69. The summed E-state index contributed by atoms with van der Waals surface area (Å²) in [6, 6.07) is 9.18. The van der Waals surface area contributed by atoms with Gasteiger partial charge >= 0.3 is 0 Å². The molecule has 0 unspecified atom stereocenters. The van der Waals surface area contributed by atoms with Crippen molar-refractivity contribution < 1.29 is 9.47 Å². The van der Waals surface area contributed by atoms with Gasteiger partial charge in [0, 0.05) is 20.4 Å². The van der Waals surface area contributed by atoms with Gasteiger partial charge in [0.2, 0.25) is 0 Å². The lowest BCUT2D eigenvalue weighted by Crippen LogP contribution is -2.23. The van der Waals surface area contributed by atoms with Crippen LogP contribution in [0.1, 0.15) is 51.9 Å². The first-order valence-electron chi connectivity index (χ1n) is 10.1. The number of ether oxygens (including phenoxy) is 2. The predicted octanol–water partition coefficient (Wildman–Crippen LogP) is 6.11. The van der Waals surface area contributed by atoms with E-state index in [0.29, 0.717) is 34.8 Å². The quantitative estimate of drug-likeness (QED) is 0.333. The summed E-state index contributed by atoms with van der Waals surface area (Å²) in [5.74, 6) is 1.88. The topological polar surface area (TPSA) is 65.7 Å². The van der Waals surface area contributed by atoms with Gasteiger partial charge in [0.15, 0.2) is 11.5 Å². The van der Waals surface area contributed by atoms with Crippen molar-refractivity contribution in [3.05, 3.63) is 61.0 Å².